The van der Waals surface area contributed by atoms with E-state index in [2.05, 4.69) is 18.8 Å². The van der Waals surface area contributed by atoms with Gasteiger partial charge in [-0.25, -0.2) is 0 Å². The Balaban J connectivity index is 2.17. The number of ketones is 1. The van der Waals surface area contributed by atoms with Crippen molar-refractivity contribution < 1.29 is 9.53 Å². The first-order valence-corrected chi connectivity index (χ1v) is 8.04. The summed E-state index contributed by atoms with van der Waals surface area (Å²) in [6.45, 7) is 4.93. The molecule has 0 saturated heterocycles. The second-order valence-electron chi connectivity index (χ2n) is 5.46. The molecule has 1 aromatic carbocycles. The van der Waals surface area contributed by atoms with Crippen molar-refractivity contribution in [2.24, 2.45) is 0 Å². The van der Waals surface area contributed by atoms with Gasteiger partial charge in [-0.1, -0.05) is 39.2 Å². The van der Waals surface area contributed by atoms with Gasteiger partial charge in [0.25, 0.3) is 0 Å². The molecule has 0 aliphatic rings. The largest absolute Gasteiger partial charge is 0.493 e. The van der Waals surface area contributed by atoms with Crippen LogP contribution in [0.25, 0.3) is 10.9 Å². The molecule has 2 aromatic rings. The van der Waals surface area contributed by atoms with Crippen LogP contribution in [0.4, 0.5) is 0 Å². The van der Waals surface area contributed by atoms with Crippen LogP contribution in [0.15, 0.2) is 24.4 Å². The monoisotopic (exact) mass is 287 g/mol. The first kappa shape index (κ1) is 15.6. The number of fused-ring (bicyclic) bond motifs is 1. The van der Waals surface area contributed by atoms with Gasteiger partial charge in [0.05, 0.1) is 12.0 Å². The fourth-order valence-corrected chi connectivity index (χ4v) is 2.55. The maximum absolute atomic E-state index is 12.4. The SMILES string of the molecule is CCCCCCC(=O)c1c[nH]c2cccc(OCCC)c12. The summed E-state index contributed by atoms with van der Waals surface area (Å²) in [5.74, 6) is 1.03. The molecule has 21 heavy (non-hydrogen) atoms. The number of carbonyl (C=O) groups excluding carboxylic acids is 1. The number of aromatic amines is 1. The zero-order valence-corrected chi connectivity index (χ0v) is 13.1. The summed E-state index contributed by atoms with van der Waals surface area (Å²) < 4.78 is 5.79. The zero-order chi connectivity index (χ0) is 15.1. The number of unbranched alkanes of at least 4 members (excludes halogenated alkanes) is 3. The number of Topliss-reactive ketones (excluding diaryl/α,β-unsaturated/α-hetero) is 1. The van der Waals surface area contributed by atoms with E-state index >= 15 is 0 Å². The molecule has 0 atom stereocenters. The van der Waals surface area contributed by atoms with Gasteiger partial charge in [-0.05, 0) is 25.0 Å². The lowest BCUT2D eigenvalue weighted by Gasteiger charge is -2.07. The molecule has 0 amide bonds. The summed E-state index contributed by atoms with van der Waals surface area (Å²) in [7, 11) is 0. The van der Waals surface area contributed by atoms with Crippen molar-refractivity contribution in [3.05, 3.63) is 30.0 Å². The van der Waals surface area contributed by atoms with E-state index in [4.69, 9.17) is 4.74 Å². The van der Waals surface area contributed by atoms with Gasteiger partial charge in [0.15, 0.2) is 5.78 Å². The Hall–Kier alpha value is -1.77. The van der Waals surface area contributed by atoms with E-state index in [1.165, 1.54) is 12.8 Å². The van der Waals surface area contributed by atoms with Crippen molar-refractivity contribution in [1.82, 2.24) is 4.98 Å². The number of hydrogen-bond donors (Lipinski definition) is 1. The molecular formula is C18H25NO2. The van der Waals surface area contributed by atoms with Crippen molar-refractivity contribution >= 4 is 16.7 Å². The second-order valence-corrected chi connectivity index (χ2v) is 5.46. The number of ether oxygens (including phenoxy) is 1. The van der Waals surface area contributed by atoms with E-state index < -0.39 is 0 Å². The molecule has 0 aliphatic heterocycles. The van der Waals surface area contributed by atoms with Gasteiger partial charge in [-0.3, -0.25) is 4.79 Å². The molecule has 0 bridgehead atoms. The van der Waals surface area contributed by atoms with E-state index in [1.807, 2.05) is 24.4 Å². The highest BCUT2D eigenvalue weighted by molar-refractivity contribution is 6.09. The fraction of sp³-hybridized carbons (Fsp3) is 0.500. The van der Waals surface area contributed by atoms with Crippen molar-refractivity contribution in [3.63, 3.8) is 0 Å². The minimum atomic E-state index is 0.213. The Kier molecular flexibility index (Phi) is 5.85. The van der Waals surface area contributed by atoms with E-state index in [1.54, 1.807) is 0 Å². The standard InChI is InChI=1S/C18H25NO2/c1-3-5-6-7-10-16(20)14-13-19-15-9-8-11-17(18(14)15)21-12-4-2/h8-9,11,13,19H,3-7,10,12H2,1-2H3. The first-order valence-electron chi connectivity index (χ1n) is 8.04. The summed E-state index contributed by atoms with van der Waals surface area (Å²) in [6.07, 6.45) is 7.89. The molecule has 2 rings (SSSR count). The molecular weight excluding hydrogens is 262 g/mol. The summed E-state index contributed by atoms with van der Waals surface area (Å²) in [5.41, 5.74) is 1.74. The molecule has 1 N–H and O–H groups in total. The number of carbonyl (C=O) groups is 1. The number of hydrogen-bond acceptors (Lipinski definition) is 2. The molecule has 0 unspecified atom stereocenters. The van der Waals surface area contributed by atoms with Crippen LogP contribution in [0.2, 0.25) is 0 Å². The summed E-state index contributed by atoms with van der Waals surface area (Å²) >= 11 is 0. The second kappa shape index (κ2) is 7.87. The average molecular weight is 287 g/mol. The van der Waals surface area contributed by atoms with Crippen LogP contribution in [-0.4, -0.2) is 17.4 Å². The molecule has 3 heteroatoms. The Morgan fingerprint density at radius 1 is 1.14 bits per heavy atom. The number of rotatable bonds is 9. The Morgan fingerprint density at radius 2 is 2.00 bits per heavy atom. The summed E-state index contributed by atoms with van der Waals surface area (Å²) in [6, 6.07) is 5.89. The van der Waals surface area contributed by atoms with Crippen molar-refractivity contribution in [3.8, 4) is 5.75 Å². The number of H-pyrrole nitrogens is 1. The first-order chi connectivity index (χ1) is 10.3. The molecule has 0 saturated carbocycles. The lowest BCUT2D eigenvalue weighted by Crippen LogP contribution is -2.00. The minimum Gasteiger partial charge on any atom is -0.493 e. The molecule has 3 nitrogen and oxygen atoms in total. The zero-order valence-electron chi connectivity index (χ0n) is 13.1. The third-order valence-corrected chi connectivity index (χ3v) is 3.69. The van der Waals surface area contributed by atoms with Crippen LogP contribution < -0.4 is 4.74 Å². The molecule has 0 spiro atoms. The lowest BCUT2D eigenvalue weighted by atomic mass is 10.0. The molecule has 114 valence electrons. The highest BCUT2D eigenvalue weighted by Gasteiger charge is 2.15. The fourth-order valence-electron chi connectivity index (χ4n) is 2.55. The van der Waals surface area contributed by atoms with Gasteiger partial charge in [0.2, 0.25) is 0 Å². The molecule has 0 aliphatic carbocycles. The van der Waals surface area contributed by atoms with Crippen LogP contribution >= 0.6 is 0 Å². The van der Waals surface area contributed by atoms with Gasteiger partial charge in [0.1, 0.15) is 5.75 Å². The van der Waals surface area contributed by atoms with Crippen LogP contribution in [-0.2, 0) is 0 Å². The molecule has 1 heterocycles. The van der Waals surface area contributed by atoms with Gasteiger partial charge >= 0.3 is 0 Å². The van der Waals surface area contributed by atoms with Crippen LogP contribution in [0.1, 0.15) is 62.7 Å². The smallest absolute Gasteiger partial charge is 0.165 e. The summed E-state index contributed by atoms with van der Waals surface area (Å²) in [5, 5.41) is 0.937. The van der Waals surface area contributed by atoms with Crippen molar-refractivity contribution in [2.75, 3.05) is 6.61 Å². The number of aromatic nitrogens is 1. The summed E-state index contributed by atoms with van der Waals surface area (Å²) in [4.78, 5) is 15.6. The number of benzene rings is 1. The van der Waals surface area contributed by atoms with Gasteiger partial charge in [-0.2, -0.15) is 0 Å². The van der Waals surface area contributed by atoms with E-state index in [0.29, 0.717) is 13.0 Å². The van der Waals surface area contributed by atoms with E-state index in [9.17, 15) is 4.79 Å². The van der Waals surface area contributed by atoms with E-state index in [-0.39, 0.29) is 5.78 Å². The van der Waals surface area contributed by atoms with Crippen LogP contribution in [0.5, 0.6) is 5.75 Å². The lowest BCUT2D eigenvalue weighted by molar-refractivity contribution is 0.0980. The molecule has 1 aromatic heterocycles. The van der Waals surface area contributed by atoms with Crippen LogP contribution in [0.3, 0.4) is 0 Å². The van der Waals surface area contributed by atoms with Crippen LogP contribution in [0, 0.1) is 0 Å². The predicted molar refractivity (Wildman–Crippen MR) is 87.2 cm³/mol. The topological polar surface area (TPSA) is 42.1 Å². The Morgan fingerprint density at radius 3 is 2.76 bits per heavy atom. The highest BCUT2D eigenvalue weighted by atomic mass is 16.5. The normalized spacial score (nSPS) is 11.0. The Labute approximate surface area is 126 Å². The minimum absolute atomic E-state index is 0.213. The quantitative estimate of drug-likeness (QED) is 0.514. The van der Waals surface area contributed by atoms with Crippen molar-refractivity contribution in [2.45, 2.75) is 52.4 Å². The van der Waals surface area contributed by atoms with E-state index in [0.717, 1.165) is 41.5 Å². The highest BCUT2D eigenvalue weighted by Crippen LogP contribution is 2.30. The van der Waals surface area contributed by atoms with Gasteiger partial charge in [-0.15, -0.1) is 0 Å². The van der Waals surface area contributed by atoms with Crippen molar-refractivity contribution in [1.29, 1.82) is 0 Å². The maximum atomic E-state index is 12.4. The molecule has 0 fully saturated rings. The average Bonchev–Trinajstić information content (AvgIpc) is 2.94. The third-order valence-electron chi connectivity index (χ3n) is 3.69. The third kappa shape index (κ3) is 3.87. The predicted octanol–water partition coefficient (Wildman–Crippen LogP) is 5.11. The maximum Gasteiger partial charge on any atom is 0.165 e. The van der Waals surface area contributed by atoms with Gasteiger partial charge in [0, 0.05) is 23.7 Å². The van der Waals surface area contributed by atoms with Gasteiger partial charge < -0.3 is 9.72 Å². The number of nitrogens with one attached hydrogen (secondary N) is 1. The Bertz CT molecular complexity index is 586. The molecule has 0 radical (unpaired) electrons.